The van der Waals surface area contributed by atoms with E-state index in [9.17, 15) is 9.59 Å². The molecule has 0 saturated heterocycles. The number of aromatic nitrogens is 3. The minimum atomic E-state index is -0.490. The Balaban J connectivity index is 1.81. The van der Waals surface area contributed by atoms with Gasteiger partial charge in [0.15, 0.2) is 0 Å². The van der Waals surface area contributed by atoms with E-state index in [4.69, 9.17) is 4.74 Å². The Kier molecular flexibility index (Phi) is 5.73. The Morgan fingerprint density at radius 3 is 2.81 bits per heavy atom. The van der Waals surface area contributed by atoms with Crippen molar-refractivity contribution in [3.63, 3.8) is 0 Å². The van der Waals surface area contributed by atoms with Crippen molar-refractivity contribution in [3.8, 4) is 0 Å². The Labute approximate surface area is 187 Å². The second kappa shape index (κ2) is 8.47. The zero-order valence-corrected chi connectivity index (χ0v) is 19.0. The molecule has 4 rings (SSSR count). The van der Waals surface area contributed by atoms with Crippen molar-refractivity contribution in [1.82, 2.24) is 14.2 Å². The number of aryl methyl sites for hydroxylation is 1. The van der Waals surface area contributed by atoms with E-state index in [1.807, 2.05) is 41.1 Å². The molecule has 0 bridgehead atoms. The smallest absolute Gasteiger partial charge is 0.328 e. The maximum atomic E-state index is 13.0. The van der Waals surface area contributed by atoms with Gasteiger partial charge in [0.1, 0.15) is 11.9 Å². The molecular weight excluding hydrogens is 460 g/mol. The highest BCUT2D eigenvalue weighted by molar-refractivity contribution is 9.10. The van der Waals surface area contributed by atoms with Gasteiger partial charge in [0, 0.05) is 27.1 Å². The van der Waals surface area contributed by atoms with E-state index in [1.165, 1.54) is 4.68 Å². The minimum Gasteiger partial charge on any atom is -0.464 e. The molecular formula is C23H21BrN4O3. The molecule has 158 valence electrons. The lowest BCUT2D eigenvalue weighted by Gasteiger charge is -2.13. The summed E-state index contributed by atoms with van der Waals surface area (Å²) in [5, 5.41) is 5.83. The third-order valence-corrected chi connectivity index (χ3v) is 5.59. The second-order valence-electron chi connectivity index (χ2n) is 7.12. The molecule has 2 aromatic carbocycles. The van der Waals surface area contributed by atoms with Crippen LogP contribution in [-0.4, -0.2) is 33.0 Å². The number of carbonyl (C=O) groups is 1. The summed E-state index contributed by atoms with van der Waals surface area (Å²) in [5.41, 5.74) is 2.04. The molecule has 0 amide bonds. The molecule has 31 heavy (non-hydrogen) atoms. The zero-order valence-electron chi connectivity index (χ0n) is 17.4. The molecule has 0 N–H and O–H groups in total. The van der Waals surface area contributed by atoms with Crippen molar-refractivity contribution in [2.24, 2.45) is 5.10 Å². The molecule has 2 aromatic heterocycles. The Morgan fingerprint density at radius 1 is 1.26 bits per heavy atom. The summed E-state index contributed by atoms with van der Waals surface area (Å²) >= 11 is 3.40. The molecule has 4 aromatic rings. The van der Waals surface area contributed by atoms with Gasteiger partial charge in [-0.05, 0) is 45.0 Å². The van der Waals surface area contributed by atoms with E-state index in [0.717, 1.165) is 20.9 Å². The SMILES string of the molecule is CCOC(=O)[C@@H](C)n1cc(C=Nn2c(C)nc3ccc(Br)cc3c2=O)c2ccccc21. The second-order valence-corrected chi connectivity index (χ2v) is 8.03. The maximum Gasteiger partial charge on any atom is 0.328 e. The lowest BCUT2D eigenvalue weighted by Crippen LogP contribution is -2.20. The van der Waals surface area contributed by atoms with Gasteiger partial charge in [0.2, 0.25) is 0 Å². The van der Waals surface area contributed by atoms with Crippen LogP contribution >= 0.6 is 15.9 Å². The predicted octanol–water partition coefficient (Wildman–Crippen LogP) is 4.43. The van der Waals surface area contributed by atoms with Crippen molar-refractivity contribution in [3.05, 3.63) is 74.9 Å². The van der Waals surface area contributed by atoms with Gasteiger partial charge in [-0.1, -0.05) is 34.1 Å². The fraction of sp³-hybridized carbons (Fsp3) is 0.217. The molecule has 0 saturated carbocycles. The number of rotatable bonds is 5. The molecule has 0 radical (unpaired) electrons. The average Bonchev–Trinajstić information content (AvgIpc) is 3.12. The number of hydrogen-bond acceptors (Lipinski definition) is 5. The quantitative estimate of drug-likeness (QED) is 0.312. The standard InChI is InChI=1S/C23H21BrN4O3/c1-4-31-23(30)14(2)27-13-16(18-7-5-6-8-21(18)27)12-25-28-15(3)26-20-10-9-17(24)11-19(20)22(28)29/h5-14H,4H2,1-3H3/t14-/m1/s1. The molecule has 7 nitrogen and oxygen atoms in total. The van der Waals surface area contributed by atoms with Gasteiger partial charge in [-0.2, -0.15) is 9.78 Å². The van der Waals surface area contributed by atoms with Crippen LogP contribution in [0.4, 0.5) is 0 Å². The van der Waals surface area contributed by atoms with E-state index in [-0.39, 0.29) is 11.5 Å². The summed E-state index contributed by atoms with van der Waals surface area (Å²) in [6.45, 7) is 5.65. The molecule has 0 aliphatic carbocycles. The Morgan fingerprint density at radius 2 is 2.03 bits per heavy atom. The van der Waals surface area contributed by atoms with Crippen molar-refractivity contribution in [2.45, 2.75) is 26.8 Å². The van der Waals surface area contributed by atoms with Crippen LogP contribution in [0, 0.1) is 6.92 Å². The van der Waals surface area contributed by atoms with Crippen molar-refractivity contribution in [2.75, 3.05) is 6.61 Å². The third kappa shape index (κ3) is 3.90. The molecule has 0 aliphatic heterocycles. The number of para-hydroxylation sites is 1. The summed E-state index contributed by atoms with van der Waals surface area (Å²) in [6.07, 6.45) is 3.47. The Hall–Kier alpha value is -3.26. The summed E-state index contributed by atoms with van der Waals surface area (Å²) in [5.74, 6) is 0.183. The molecule has 0 spiro atoms. The first-order valence-electron chi connectivity index (χ1n) is 9.90. The van der Waals surface area contributed by atoms with Crippen LogP contribution in [0.1, 0.15) is 31.3 Å². The van der Waals surface area contributed by atoms with E-state index in [0.29, 0.717) is 23.3 Å². The topological polar surface area (TPSA) is 78.5 Å². The van der Waals surface area contributed by atoms with Crippen LogP contribution in [-0.2, 0) is 9.53 Å². The van der Waals surface area contributed by atoms with Gasteiger partial charge >= 0.3 is 5.97 Å². The first-order chi connectivity index (χ1) is 14.9. The van der Waals surface area contributed by atoms with Crippen LogP contribution in [0.3, 0.4) is 0 Å². The monoisotopic (exact) mass is 480 g/mol. The fourth-order valence-corrected chi connectivity index (χ4v) is 3.91. The van der Waals surface area contributed by atoms with E-state index in [1.54, 1.807) is 39.1 Å². The lowest BCUT2D eigenvalue weighted by atomic mass is 10.2. The first-order valence-corrected chi connectivity index (χ1v) is 10.7. The summed E-state index contributed by atoms with van der Waals surface area (Å²) < 4.78 is 9.13. The number of carbonyl (C=O) groups excluding carboxylic acids is 1. The van der Waals surface area contributed by atoms with E-state index < -0.39 is 6.04 Å². The van der Waals surface area contributed by atoms with Crippen LogP contribution in [0.15, 0.2) is 63.0 Å². The number of halogens is 1. The molecule has 0 fully saturated rings. The highest BCUT2D eigenvalue weighted by Crippen LogP contribution is 2.24. The van der Waals surface area contributed by atoms with Gasteiger partial charge < -0.3 is 9.30 Å². The van der Waals surface area contributed by atoms with E-state index >= 15 is 0 Å². The highest BCUT2D eigenvalue weighted by Gasteiger charge is 2.19. The first kappa shape index (κ1) is 21.0. The fourth-order valence-electron chi connectivity index (χ4n) is 3.55. The maximum absolute atomic E-state index is 13.0. The molecule has 0 unspecified atom stereocenters. The average molecular weight is 481 g/mol. The van der Waals surface area contributed by atoms with Gasteiger partial charge in [0.05, 0.1) is 23.7 Å². The number of benzene rings is 2. The van der Waals surface area contributed by atoms with Gasteiger partial charge in [-0.15, -0.1) is 0 Å². The molecule has 0 aliphatic rings. The van der Waals surface area contributed by atoms with Crippen LogP contribution in [0.25, 0.3) is 21.8 Å². The zero-order chi connectivity index (χ0) is 22.1. The van der Waals surface area contributed by atoms with E-state index in [2.05, 4.69) is 26.0 Å². The minimum absolute atomic E-state index is 0.247. The van der Waals surface area contributed by atoms with Gasteiger partial charge in [0.25, 0.3) is 5.56 Å². The highest BCUT2D eigenvalue weighted by atomic mass is 79.9. The Bertz CT molecular complexity index is 1390. The predicted molar refractivity (Wildman–Crippen MR) is 125 cm³/mol. The number of ether oxygens (including phenoxy) is 1. The van der Waals surface area contributed by atoms with Crippen molar-refractivity contribution < 1.29 is 9.53 Å². The number of hydrogen-bond donors (Lipinski definition) is 0. The number of fused-ring (bicyclic) bond motifs is 2. The third-order valence-electron chi connectivity index (χ3n) is 5.10. The number of nitrogens with zero attached hydrogens (tertiary/aromatic N) is 4. The van der Waals surface area contributed by atoms with Gasteiger partial charge in [-0.25, -0.2) is 9.78 Å². The van der Waals surface area contributed by atoms with Crippen molar-refractivity contribution >= 4 is 49.9 Å². The normalized spacial score (nSPS) is 12.6. The summed E-state index contributed by atoms with van der Waals surface area (Å²) in [7, 11) is 0. The largest absolute Gasteiger partial charge is 0.464 e. The lowest BCUT2D eigenvalue weighted by molar-refractivity contribution is -0.146. The van der Waals surface area contributed by atoms with Crippen molar-refractivity contribution in [1.29, 1.82) is 0 Å². The molecule has 8 heteroatoms. The van der Waals surface area contributed by atoms with Crippen LogP contribution in [0.5, 0.6) is 0 Å². The molecule has 2 heterocycles. The van der Waals surface area contributed by atoms with Crippen LogP contribution < -0.4 is 5.56 Å². The summed E-state index contributed by atoms with van der Waals surface area (Å²) in [6, 6.07) is 12.6. The molecule has 1 atom stereocenters. The van der Waals surface area contributed by atoms with Gasteiger partial charge in [-0.3, -0.25) is 4.79 Å². The van der Waals surface area contributed by atoms with Crippen LogP contribution in [0.2, 0.25) is 0 Å². The summed E-state index contributed by atoms with van der Waals surface area (Å²) in [4.78, 5) is 29.8. The number of esters is 1.